The lowest BCUT2D eigenvalue weighted by Gasteiger charge is -2.55. The van der Waals surface area contributed by atoms with E-state index in [4.69, 9.17) is 9.84 Å². The van der Waals surface area contributed by atoms with Gasteiger partial charge in [0.1, 0.15) is 0 Å². The normalized spacial score (nSPS) is 38.1. The monoisotopic (exact) mass is 281 g/mol. The zero-order valence-corrected chi connectivity index (χ0v) is 12.3. The number of hydrogen-bond acceptors (Lipinski definition) is 3. The van der Waals surface area contributed by atoms with Crippen molar-refractivity contribution in [2.75, 3.05) is 26.4 Å². The second-order valence-corrected chi connectivity index (χ2v) is 7.14. The van der Waals surface area contributed by atoms with E-state index in [2.05, 4.69) is 5.32 Å². The lowest BCUT2D eigenvalue weighted by molar-refractivity contribution is -0.146. The first-order chi connectivity index (χ1) is 9.72. The maximum Gasteiger partial charge on any atom is 0.226 e. The largest absolute Gasteiger partial charge is 0.394 e. The second kappa shape index (κ2) is 6.02. The van der Waals surface area contributed by atoms with E-state index in [1.54, 1.807) is 0 Å². The predicted octanol–water partition coefficient (Wildman–Crippen LogP) is 1.72. The fourth-order valence-electron chi connectivity index (χ4n) is 5.12. The van der Waals surface area contributed by atoms with Crippen LogP contribution in [0.3, 0.4) is 0 Å². The van der Waals surface area contributed by atoms with Gasteiger partial charge in [-0.2, -0.15) is 0 Å². The van der Waals surface area contributed by atoms with Crippen molar-refractivity contribution in [1.29, 1.82) is 0 Å². The van der Waals surface area contributed by atoms with Gasteiger partial charge in [-0.1, -0.05) is 0 Å². The molecule has 0 spiro atoms. The van der Waals surface area contributed by atoms with Crippen LogP contribution in [0.4, 0.5) is 0 Å². The van der Waals surface area contributed by atoms with Crippen molar-refractivity contribution >= 4 is 5.91 Å². The van der Waals surface area contributed by atoms with Crippen LogP contribution in [0.25, 0.3) is 0 Å². The van der Waals surface area contributed by atoms with Gasteiger partial charge < -0.3 is 15.2 Å². The Morgan fingerprint density at radius 2 is 1.70 bits per heavy atom. The molecular formula is C16H27NO3. The molecule has 0 aromatic carbocycles. The summed E-state index contributed by atoms with van der Waals surface area (Å²) in [5, 5.41) is 11.7. The number of ether oxygens (including phenoxy) is 1. The van der Waals surface area contributed by atoms with Gasteiger partial charge >= 0.3 is 0 Å². The molecule has 4 rings (SSSR count). The van der Waals surface area contributed by atoms with Crippen LogP contribution < -0.4 is 5.32 Å². The summed E-state index contributed by atoms with van der Waals surface area (Å²) in [5.74, 6) is 2.76. The van der Waals surface area contributed by atoms with E-state index in [9.17, 15) is 4.79 Å². The fraction of sp³-hybridized carbons (Fsp3) is 0.938. The Balaban J connectivity index is 1.45. The molecule has 4 bridgehead atoms. The van der Waals surface area contributed by atoms with Crippen LogP contribution in [0, 0.1) is 23.2 Å². The molecule has 0 unspecified atom stereocenters. The van der Waals surface area contributed by atoms with Crippen molar-refractivity contribution in [3.63, 3.8) is 0 Å². The number of carbonyl (C=O) groups excluding carboxylic acids is 1. The molecular weight excluding hydrogens is 254 g/mol. The number of aliphatic hydroxyl groups excluding tert-OH is 1. The zero-order chi connectivity index (χ0) is 14.0. The standard InChI is InChI=1S/C16H27NO3/c18-3-5-20-4-1-2-17-15(19)16-9-12-6-13(10-16)8-14(7-12)11-16/h12-14,18H,1-11H2,(H,17,19). The highest BCUT2D eigenvalue weighted by molar-refractivity contribution is 5.83. The fourth-order valence-corrected chi connectivity index (χ4v) is 5.12. The maximum absolute atomic E-state index is 12.6. The molecule has 0 radical (unpaired) electrons. The highest BCUT2D eigenvalue weighted by Gasteiger charge is 2.54. The molecule has 4 aliphatic rings. The van der Waals surface area contributed by atoms with Crippen LogP contribution >= 0.6 is 0 Å². The van der Waals surface area contributed by atoms with Crippen molar-refractivity contribution in [3.8, 4) is 0 Å². The van der Waals surface area contributed by atoms with E-state index in [-0.39, 0.29) is 12.0 Å². The first kappa shape index (κ1) is 14.3. The molecule has 0 aromatic rings. The van der Waals surface area contributed by atoms with Crippen LogP contribution in [-0.4, -0.2) is 37.4 Å². The van der Waals surface area contributed by atoms with E-state index in [0.29, 0.717) is 25.7 Å². The first-order valence-electron chi connectivity index (χ1n) is 8.19. The molecule has 0 aromatic heterocycles. The molecule has 0 atom stereocenters. The number of nitrogens with one attached hydrogen (secondary N) is 1. The van der Waals surface area contributed by atoms with Crippen LogP contribution in [0.1, 0.15) is 44.9 Å². The molecule has 20 heavy (non-hydrogen) atoms. The number of amides is 1. The molecule has 0 aliphatic heterocycles. The van der Waals surface area contributed by atoms with Gasteiger partial charge in [0.25, 0.3) is 0 Å². The number of rotatable bonds is 7. The molecule has 4 aliphatic carbocycles. The van der Waals surface area contributed by atoms with E-state index >= 15 is 0 Å². The summed E-state index contributed by atoms with van der Waals surface area (Å²) in [4.78, 5) is 12.6. The third-order valence-electron chi connectivity index (χ3n) is 5.51. The summed E-state index contributed by atoms with van der Waals surface area (Å²) in [7, 11) is 0. The van der Waals surface area contributed by atoms with Crippen LogP contribution in [0.2, 0.25) is 0 Å². The average Bonchev–Trinajstić information content (AvgIpc) is 2.41. The summed E-state index contributed by atoms with van der Waals surface area (Å²) < 4.78 is 5.21. The Kier molecular flexibility index (Phi) is 4.32. The molecule has 2 N–H and O–H groups in total. The predicted molar refractivity (Wildman–Crippen MR) is 76.1 cm³/mol. The number of carbonyl (C=O) groups is 1. The summed E-state index contributed by atoms with van der Waals surface area (Å²) in [6.07, 6.45) is 8.35. The number of hydrogen-bond donors (Lipinski definition) is 2. The van der Waals surface area contributed by atoms with E-state index in [1.807, 2.05) is 0 Å². The third kappa shape index (κ3) is 2.86. The van der Waals surface area contributed by atoms with Gasteiger partial charge in [0.2, 0.25) is 5.91 Å². The molecule has 114 valence electrons. The van der Waals surface area contributed by atoms with Crippen molar-refractivity contribution in [2.24, 2.45) is 23.2 Å². The lowest BCUT2D eigenvalue weighted by Crippen LogP contribution is -2.53. The van der Waals surface area contributed by atoms with Gasteiger partial charge in [0, 0.05) is 18.6 Å². The summed E-state index contributed by atoms with van der Waals surface area (Å²) >= 11 is 0. The average molecular weight is 281 g/mol. The van der Waals surface area contributed by atoms with Crippen molar-refractivity contribution in [1.82, 2.24) is 5.32 Å². The van der Waals surface area contributed by atoms with Crippen LogP contribution in [-0.2, 0) is 9.53 Å². The molecule has 0 saturated heterocycles. The lowest BCUT2D eigenvalue weighted by atomic mass is 9.49. The third-order valence-corrected chi connectivity index (χ3v) is 5.51. The van der Waals surface area contributed by atoms with Crippen LogP contribution in [0.15, 0.2) is 0 Å². The van der Waals surface area contributed by atoms with Crippen molar-refractivity contribution < 1.29 is 14.6 Å². The van der Waals surface area contributed by atoms with Crippen LogP contribution in [0.5, 0.6) is 0 Å². The second-order valence-electron chi connectivity index (χ2n) is 7.14. The Labute approximate surface area is 121 Å². The van der Waals surface area contributed by atoms with Gasteiger partial charge in [0.05, 0.1) is 13.2 Å². The molecule has 4 saturated carbocycles. The smallest absolute Gasteiger partial charge is 0.226 e. The summed E-state index contributed by atoms with van der Waals surface area (Å²) in [5.41, 5.74) is -0.0271. The molecule has 1 amide bonds. The molecule has 4 fully saturated rings. The van der Waals surface area contributed by atoms with E-state index in [0.717, 1.165) is 43.4 Å². The Morgan fingerprint density at radius 3 is 2.25 bits per heavy atom. The van der Waals surface area contributed by atoms with Crippen molar-refractivity contribution in [2.45, 2.75) is 44.9 Å². The first-order valence-corrected chi connectivity index (χ1v) is 8.19. The maximum atomic E-state index is 12.6. The zero-order valence-electron chi connectivity index (χ0n) is 12.3. The summed E-state index contributed by atoms with van der Waals surface area (Å²) in [6, 6.07) is 0. The van der Waals surface area contributed by atoms with Gasteiger partial charge in [-0.15, -0.1) is 0 Å². The minimum absolute atomic E-state index is 0.0271. The van der Waals surface area contributed by atoms with E-state index < -0.39 is 0 Å². The highest BCUT2D eigenvalue weighted by Crippen LogP contribution is 2.60. The quantitative estimate of drug-likeness (QED) is 0.699. The minimum Gasteiger partial charge on any atom is -0.394 e. The Bertz CT molecular complexity index is 320. The Morgan fingerprint density at radius 1 is 1.10 bits per heavy atom. The number of aliphatic hydroxyl groups is 1. The SMILES string of the molecule is O=C(NCCCOCCO)C12CC3CC(CC(C3)C1)C2. The van der Waals surface area contributed by atoms with Crippen molar-refractivity contribution in [3.05, 3.63) is 0 Å². The van der Waals surface area contributed by atoms with Gasteiger partial charge in [0.15, 0.2) is 0 Å². The highest BCUT2D eigenvalue weighted by atomic mass is 16.5. The van der Waals surface area contributed by atoms with Gasteiger partial charge in [-0.3, -0.25) is 4.79 Å². The van der Waals surface area contributed by atoms with Gasteiger partial charge in [-0.05, 0) is 62.7 Å². The topological polar surface area (TPSA) is 58.6 Å². The molecule has 4 heteroatoms. The Hall–Kier alpha value is -0.610. The molecule has 0 heterocycles. The van der Waals surface area contributed by atoms with Gasteiger partial charge in [-0.25, -0.2) is 0 Å². The minimum atomic E-state index is -0.0271. The summed E-state index contributed by atoms with van der Waals surface area (Å²) in [6.45, 7) is 1.77. The molecule has 4 nitrogen and oxygen atoms in total. The van der Waals surface area contributed by atoms with E-state index in [1.165, 1.54) is 19.3 Å².